The van der Waals surface area contributed by atoms with Crippen molar-refractivity contribution >= 4 is 12.1 Å². The maximum Gasteiger partial charge on any atom is 0.407 e. The Morgan fingerprint density at radius 1 is 1.26 bits per heavy atom. The van der Waals surface area contributed by atoms with Crippen molar-refractivity contribution in [1.29, 1.82) is 0 Å². The molecule has 0 radical (unpaired) electrons. The minimum Gasteiger partial charge on any atom is -0.469 e. The van der Waals surface area contributed by atoms with Crippen molar-refractivity contribution in [2.45, 2.75) is 58.1 Å². The normalized spacial score (nSPS) is 12.7. The molecule has 0 aliphatic carbocycles. The van der Waals surface area contributed by atoms with Gasteiger partial charge in [-0.25, -0.2) is 4.79 Å². The average Bonchev–Trinajstić information content (AvgIpc) is 2.26. The first-order valence-electron chi connectivity index (χ1n) is 6.55. The van der Waals surface area contributed by atoms with E-state index in [0.29, 0.717) is 13.0 Å². The fourth-order valence-electron chi connectivity index (χ4n) is 1.52. The summed E-state index contributed by atoms with van der Waals surface area (Å²) >= 11 is 0. The van der Waals surface area contributed by atoms with Crippen LogP contribution in [-0.4, -0.2) is 37.4 Å². The van der Waals surface area contributed by atoms with Crippen molar-refractivity contribution in [3.05, 3.63) is 0 Å². The number of hydrogen-bond donors (Lipinski definition) is 2. The number of hydrogen-bond acceptors (Lipinski definition) is 5. The zero-order valence-corrected chi connectivity index (χ0v) is 12.3. The molecule has 1 atom stereocenters. The number of esters is 1. The van der Waals surface area contributed by atoms with E-state index in [2.05, 4.69) is 10.1 Å². The summed E-state index contributed by atoms with van der Waals surface area (Å²) < 4.78 is 9.78. The van der Waals surface area contributed by atoms with E-state index in [0.717, 1.165) is 12.8 Å². The molecule has 0 heterocycles. The van der Waals surface area contributed by atoms with Crippen molar-refractivity contribution in [2.75, 3.05) is 13.7 Å². The number of carbonyl (C=O) groups excluding carboxylic acids is 2. The SMILES string of the molecule is COC(=O)CC(CCCCN)NC(=O)OC(C)(C)C. The van der Waals surface area contributed by atoms with Crippen LogP contribution in [0, 0.1) is 0 Å². The molecule has 0 saturated heterocycles. The number of carbonyl (C=O) groups is 2. The third-order valence-electron chi connectivity index (χ3n) is 2.37. The van der Waals surface area contributed by atoms with Crippen LogP contribution < -0.4 is 11.1 Å². The van der Waals surface area contributed by atoms with Crippen LogP contribution in [-0.2, 0) is 14.3 Å². The van der Waals surface area contributed by atoms with Crippen LogP contribution in [0.2, 0.25) is 0 Å². The van der Waals surface area contributed by atoms with Crippen LogP contribution in [0.1, 0.15) is 46.5 Å². The van der Waals surface area contributed by atoms with Gasteiger partial charge < -0.3 is 20.5 Å². The second-order valence-electron chi connectivity index (χ2n) is 5.41. The number of methoxy groups -OCH3 is 1. The molecule has 0 aromatic carbocycles. The standard InChI is InChI=1S/C13H26N2O4/c1-13(2,3)19-12(17)15-10(7-5-6-8-14)9-11(16)18-4/h10H,5-9,14H2,1-4H3,(H,15,17). The average molecular weight is 274 g/mol. The minimum atomic E-state index is -0.558. The first-order chi connectivity index (χ1) is 8.78. The van der Waals surface area contributed by atoms with Gasteiger partial charge in [0.25, 0.3) is 0 Å². The van der Waals surface area contributed by atoms with Gasteiger partial charge in [-0.05, 0) is 40.2 Å². The smallest absolute Gasteiger partial charge is 0.407 e. The Morgan fingerprint density at radius 2 is 1.89 bits per heavy atom. The van der Waals surface area contributed by atoms with Gasteiger partial charge >= 0.3 is 12.1 Å². The number of nitrogens with one attached hydrogen (secondary N) is 1. The molecule has 19 heavy (non-hydrogen) atoms. The summed E-state index contributed by atoms with van der Waals surface area (Å²) in [6, 6.07) is -0.283. The van der Waals surface area contributed by atoms with E-state index < -0.39 is 11.7 Å². The Kier molecular flexibility index (Phi) is 8.14. The summed E-state index contributed by atoms with van der Waals surface area (Å²) in [5, 5.41) is 2.69. The van der Waals surface area contributed by atoms with Crippen molar-refractivity contribution in [3.8, 4) is 0 Å². The van der Waals surface area contributed by atoms with Gasteiger partial charge in [0.2, 0.25) is 0 Å². The van der Waals surface area contributed by atoms with E-state index >= 15 is 0 Å². The Labute approximate surface area is 115 Å². The van der Waals surface area contributed by atoms with Crippen molar-refractivity contribution in [2.24, 2.45) is 5.73 Å². The topological polar surface area (TPSA) is 90.6 Å². The summed E-state index contributed by atoms with van der Waals surface area (Å²) in [5.41, 5.74) is 4.86. The van der Waals surface area contributed by atoms with Crippen LogP contribution in [0.25, 0.3) is 0 Å². The molecular weight excluding hydrogens is 248 g/mol. The molecule has 1 unspecified atom stereocenters. The Hall–Kier alpha value is -1.30. The van der Waals surface area contributed by atoms with Crippen LogP contribution in [0.3, 0.4) is 0 Å². The molecule has 112 valence electrons. The zero-order valence-electron chi connectivity index (χ0n) is 12.3. The van der Waals surface area contributed by atoms with Gasteiger partial charge in [-0.3, -0.25) is 4.79 Å². The highest BCUT2D eigenvalue weighted by molar-refractivity contribution is 5.72. The molecule has 0 aromatic heterocycles. The monoisotopic (exact) mass is 274 g/mol. The molecule has 6 heteroatoms. The van der Waals surface area contributed by atoms with Crippen molar-refractivity contribution < 1.29 is 19.1 Å². The largest absolute Gasteiger partial charge is 0.469 e. The number of rotatable bonds is 7. The fourth-order valence-corrected chi connectivity index (χ4v) is 1.52. The van der Waals surface area contributed by atoms with Crippen LogP contribution in [0.15, 0.2) is 0 Å². The van der Waals surface area contributed by atoms with Crippen LogP contribution in [0.5, 0.6) is 0 Å². The summed E-state index contributed by atoms with van der Waals surface area (Å²) in [6.45, 7) is 5.96. The molecule has 0 aromatic rings. The van der Waals surface area contributed by atoms with E-state index in [1.807, 2.05) is 0 Å². The second kappa shape index (κ2) is 8.74. The van der Waals surface area contributed by atoms with Crippen LogP contribution >= 0.6 is 0 Å². The first kappa shape index (κ1) is 17.7. The lowest BCUT2D eigenvalue weighted by Crippen LogP contribution is -2.40. The summed E-state index contributed by atoms with van der Waals surface area (Å²) in [5.74, 6) is -0.353. The van der Waals surface area contributed by atoms with E-state index in [1.165, 1.54) is 7.11 Å². The Morgan fingerprint density at radius 3 is 2.37 bits per heavy atom. The molecule has 0 bridgehead atoms. The highest BCUT2D eigenvalue weighted by atomic mass is 16.6. The first-order valence-corrected chi connectivity index (χ1v) is 6.55. The third kappa shape index (κ3) is 10.3. The number of unbranched alkanes of at least 4 members (excludes halogenated alkanes) is 1. The van der Waals surface area contributed by atoms with Gasteiger partial charge in [0.15, 0.2) is 0 Å². The zero-order chi connectivity index (χ0) is 14.9. The van der Waals surface area contributed by atoms with Gasteiger partial charge in [-0.2, -0.15) is 0 Å². The lowest BCUT2D eigenvalue weighted by molar-refractivity contribution is -0.141. The Balaban J connectivity index is 4.31. The van der Waals surface area contributed by atoms with Crippen molar-refractivity contribution in [1.82, 2.24) is 5.32 Å². The molecule has 0 fully saturated rings. The second-order valence-corrected chi connectivity index (χ2v) is 5.41. The van der Waals surface area contributed by atoms with Gasteiger partial charge in [0, 0.05) is 6.04 Å². The van der Waals surface area contributed by atoms with Crippen LogP contribution in [0.4, 0.5) is 4.79 Å². The minimum absolute atomic E-state index is 0.139. The molecule has 0 spiro atoms. The van der Waals surface area contributed by atoms with E-state index in [4.69, 9.17) is 10.5 Å². The molecule has 0 aliphatic heterocycles. The number of ether oxygens (including phenoxy) is 2. The van der Waals surface area contributed by atoms with Gasteiger partial charge in [0.1, 0.15) is 5.60 Å². The quantitative estimate of drug-likeness (QED) is 0.543. The predicted molar refractivity (Wildman–Crippen MR) is 72.7 cm³/mol. The maximum absolute atomic E-state index is 11.7. The molecule has 1 amide bonds. The molecule has 0 rings (SSSR count). The maximum atomic E-state index is 11.7. The summed E-state index contributed by atoms with van der Waals surface area (Å²) in [7, 11) is 1.33. The van der Waals surface area contributed by atoms with E-state index in [9.17, 15) is 9.59 Å². The lowest BCUT2D eigenvalue weighted by Gasteiger charge is -2.23. The predicted octanol–water partition coefficient (Wildman–Crippen LogP) is 1.57. The molecule has 6 nitrogen and oxygen atoms in total. The summed E-state index contributed by atoms with van der Waals surface area (Å²) in [6.07, 6.45) is 1.99. The van der Waals surface area contributed by atoms with Gasteiger partial charge in [-0.15, -0.1) is 0 Å². The Bertz CT molecular complexity index is 287. The highest BCUT2D eigenvalue weighted by Gasteiger charge is 2.21. The molecule has 0 saturated carbocycles. The molecule has 3 N–H and O–H groups in total. The van der Waals surface area contributed by atoms with E-state index in [1.54, 1.807) is 20.8 Å². The lowest BCUT2D eigenvalue weighted by atomic mass is 10.1. The number of nitrogens with two attached hydrogens (primary N) is 1. The van der Waals surface area contributed by atoms with Gasteiger partial charge in [0.05, 0.1) is 13.5 Å². The number of alkyl carbamates (subject to hydrolysis) is 1. The highest BCUT2D eigenvalue weighted by Crippen LogP contribution is 2.10. The van der Waals surface area contributed by atoms with E-state index in [-0.39, 0.29) is 18.4 Å². The fraction of sp³-hybridized carbons (Fsp3) is 0.846. The number of amides is 1. The van der Waals surface area contributed by atoms with Crippen molar-refractivity contribution in [3.63, 3.8) is 0 Å². The summed E-state index contributed by atoms with van der Waals surface area (Å²) in [4.78, 5) is 22.9. The molecular formula is C13H26N2O4. The van der Waals surface area contributed by atoms with Gasteiger partial charge in [-0.1, -0.05) is 6.42 Å². The third-order valence-corrected chi connectivity index (χ3v) is 2.37. The molecule has 0 aliphatic rings.